The zero-order chi connectivity index (χ0) is 20.4. The first-order valence-electron chi connectivity index (χ1n) is 9.04. The predicted octanol–water partition coefficient (Wildman–Crippen LogP) is 2.28. The summed E-state index contributed by atoms with van der Waals surface area (Å²) in [7, 11) is -2.26. The third-order valence-electron chi connectivity index (χ3n) is 4.72. The number of methoxy groups -OCH3 is 1. The van der Waals surface area contributed by atoms with Crippen LogP contribution < -0.4 is 14.4 Å². The van der Waals surface area contributed by atoms with Crippen molar-refractivity contribution >= 4 is 27.3 Å². The van der Waals surface area contributed by atoms with E-state index in [-0.39, 0.29) is 17.5 Å². The maximum absolute atomic E-state index is 13.0. The Kier molecular flexibility index (Phi) is 4.98. The van der Waals surface area contributed by atoms with Gasteiger partial charge in [-0.15, -0.1) is 0 Å². The number of rotatable bonds is 6. The average Bonchev–Trinajstić information content (AvgIpc) is 3.36. The van der Waals surface area contributed by atoms with Gasteiger partial charge in [-0.2, -0.15) is 8.42 Å². The molecule has 1 amide bonds. The van der Waals surface area contributed by atoms with Crippen LogP contribution in [0.4, 0.5) is 11.4 Å². The van der Waals surface area contributed by atoms with E-state index in [1.165, 1.54) is 28.5 Å². The number of ether oxygens (including phenoxy) is 1. The number of anilines is 2. The molecule has 1 N–H and O–H groups in total. The summed E-state index contributed by atoms with van der Waals surface area (Å²) in [5.74, 6) is 0.227. The monoisotopic (exact) mass is 412 g/mol. The maximum Gasteiger partial charge on any atom is 0.283 e. The summed E-state index contributed by atoms with van der Waals surface area (Å²) in [6.07, 6.45) is 3.38. The summed E-state index contributed by atoms with van der Waals surface area (Å²) in [5.41, 5.74) is 2.21. The Balaban J connectivity index is 1.49. The van der Waals surface area contributed by atoms with Gasteiger partial charge in [0.25, 0.3) is 10.0 Å². The van der Waals surface area contributed by atoms with Gasteiger partial charge in [0, 0.05) is 12.7 Å². The number of carbonyl (C=O) groups is 1. The lowest BCUT2D eigenvalue weighted by atomic mass is 10.2. The summed E-state index contributed by atoms with van der Waals surface area (Å²) < 4.78 is 34.0. The van der Waals surface area contributed by atoms with Gasteiger partial charge in [0.1, 0.15) is 12.3 Å². The summed E-state index contributed by atoms with van der Waals surface area (Å²) in [6.45, 7) is 0.306. The maximum atomic E-state index is 13.0. The topological polar surface area (TPSA) is 93.5 Å². The van der Waals surface area contributed by atoms with Crippen molar-refractivity contribution in [1.29, 1.82) is 0 Å². The van der Waals surface area contributed by atoms with Gasteiger partial charge in [-0.05, 0) is 30.2 Å². The molecule has 3 aromatic rings. The summed E-state index contributed by atoms with van der Waals surface area (Å²) >= 11 is 0. The Hall–Kier alpha value is -3.33. The molecule has 0 unspecified atom stereocenters. The van der Waals surface area contributed by atoms with Gasteiger partial charge in [0.05, 0.1) is 24.8 Å². The number of nitrogens with one attached hydrogen (secondary N) is 1. The van der Waals surface area contributed by atoms with Crippen LogP contribution in [0.3, 0.4) is 0 Å². The van der Waals surface area contributed by atoms with Crippen molar-refractivity contribution in [3.63, 3.8) is 0 Å². The van der Waals surface area contributed by atoms with Crippen LogP contribution in [0.15, 0.2) is 66.1 Å². The minimum Gasteiger partial charge on any atom is -0.495 e. The number of sulfonamides is 1. The van der Waals surface area contributed by atoms with Crippen molar-refractivity contribution in [3.05, 3.63) is 66.6 Å². The first kappa shape index (κ1) is 19.0. The molecule has 0 atom stereocenters. The fraction of sp³-hybridized carbons (Fsp3) is 0.200. The van der Waals surface area contributed by atoms with Crippen molar-refractivity contribution in [2.24, 2.45) is 0 Å². The van der Waals surface area contributed by atoms with Crippen LogP contribution in [0.25, 0.3) is 0 Å². The summed E-state index contributed by atoms with van der Waals surface area (Å²) in [6, 6.07) is 14.5. The van der Waals surface area contributed by atoms with E-state index < -0.39 is 10.0 Å². The number of carbonyl (C=O) groups excluding carboxylic acids is 1. The first-order chi connectivity index (χ1) is 14.0. The number of aromatic nitrogens is 2. The molecule has 1 aliphatic rings. The number of amides is 1. The van der Waals surface area contributed by atoms with E-state index in [0.717, 1.165) is 5.56 Å². The van der Waals surface area contributed by atoms with Crippen molar-refractivity contribution in [1.82, 2.24) is 9.55 Å². The highest BCUT2D eigenvalue weighted by Gasteiger charge is 2.32. The lowest BCUT2D eigenvalue weighted by molar-refractivity contribution is -0.116. The Morgan fingerprint density at radius 3 is 2.76 bits per heavy atom. The molecule has 0 fully saturated rings. The molecule has 1 aromatic heterocycles. The van der Waals surface area contributed by atoms with Gasteiger partial charge in [-0.3, -0.25) is 9.10 Å². The van der Waals surface area contributed by atoms with Crippen LogP contribution in [-0.4, -0.2) is 37.5 Å². The van der Waals surface area contributed by atoms with Gasteiger partial charge in [-0.1, -0.05) is 30.3 Å². The molecular weight excluding hydrogens is 392 g/mol. The van der Waals surface area contributed by atoms with E-state index in [4.69, 9.17) is 4.74 Å². The number of para-hydroxylation sites is 3. The van der Waals surface area contributed by atoms with Crippen LogP contribution in [0.2, 0.25) is 0 Å². The average molecular weight is 412 g/mol. The zero-order valence-corrected chi connectivity index (χ0v) is 16.6. The zero-order valence-electron chi connectivity index (χ0n) is 15.8. The highest BCUT2D eigenvalue weighted by atomic mass is 32.2. The number of fused-ring (bicyclic) bond motifs is 1. The second-order valence-electron chi connectivity index (χ2n) is 6.59. The van der Waals surface area contributed by atoms with Crippen LogP contribution in [0.1, 0.15) is 5.56 Å². The molecule has 0 bridgehead atoms. The number of imidazole rings is 1. The summed E-state index contributed by atoms with van der Waals surface area (Å²) in [4.78, 5) is 16.4. The number of nitrogens with zero attached hydrogens (tertiary/aromatic N) is 3. The van der Waals surface area contributed by atoms with Gasteiger partial charge in [0.2, 0.25) is 5.91 Å². The molecule has 0 aliphatic carbocycles. The van der Waals surface area contributed by atoms with Crippen LogP contribution in [0, 0.1) is 0 Å². The Bertz CT molecular complexity index is 1160. The molecule has 29 heavy (non-hydrogen) atoms. The van der Waals surface area contributed by atoms with Crippen LogP contribution in [-0.2, 0) is 27.8 Å². The number of hydrogen-bond acceptors (Lipinski definition) is 5. The molecule has 0 saturated carbocycles. The van der Waals surface area contributed by atoms with E-state index in [9.17, 15) is 13.2 Å². The fourth-order valence-corrected chi connectivity index (χ4v) is 4.78. The van der Waals surface area contributed by atoms with Gasteiger partial charge in [0.15, 0.2) is 5.03 Å². The van der Waals surface area contributed by atoms with Gasteiger partial charge < -0.3 is 14.6 Å². The molecule has 0 radical (unpaired) electrons. The molecule has 1 aliphatic heterocycles. The van der Waals surface area contributed by atoms with E-state index >= 15 is 0 Å². The third-order valence-corrected chi connectivity index (χ3v) is 6.41. The lowest BCUT2D eigenvalue weighted by Gasteiger charge is -2.17. The van der Waals surface area contributed by atoms with E-state index in [1.54, 1.807) is 30.3 Å². The van der Waals surface area contributed by atoms with E-state index in [0.29, 0.717) is 30.1 Å². The Morgan fingerprint density at radius 2 is 1.93 bits per heavy atom. The largest absolute Gasteiger partial charge is 0.495 e. The molecule has 9 heteroatoms. The number of hydrogen-bond donors (Lipinski definition) is 1. The normalized spacial score (nSPS) is 13.2. The Morgan fingerprint density at radius 1 is 1.17 bits per heavy atom. The highest BCUT2D eigenvalue weighted by molar-refractivity contribution is 7.92. The molecule has 2 heterocycles. The van der Waals surface area contributed by atoms with Crippen molar-refractivity contribution in [3.8, 4) is 5.75 Å². The third kappa shape index (κ3) is 3.68. The highest BCUT2D eigenvalue weighted by Crippen LogP contribution is 2.32. The molecule has 0 saturated heterocycles. The quantitative estimate of drug-likeness (QED) is 0.670. The van der Waals surface area contributed by atoms with Gasteiger partial charge >= 0.3 is 0 Å². The fourth-order valence-electron chi connectivity index (χ4n) is 3.33. The van der Waals surface area contributed by atoms with E-state index in [1.807, 2.05) is 18.2 Å². The molecule has 4 rings (SSSR count). The first-order valence-corrected chi connectivity index (χ1v) is 10.5. The minimum atomic E-state index is -3.79. The predicted molar refractivity (Wildman–Crippen MR) is 109 cm³/mol. The smallest absolute Gasteiger partial charge is 0.283 e. The lowest BCUT2D eigenvalue weighted by Crippen LogP contribution is -2.29. The second kappa shape index (κ2) is 7.59. The van der Waals surface area contributed by atoms with Crippen molar-refractivity contribution < 1.29 is 17.9 Å². The molecular formula is C20H20N4O4S. The molecule has 150 valence electrons. The molecule has 2 aromatic carbocycles. The van der Waals surface area contributed by atoms with Crippen molar-refractivity contribution in [2.45, 2.75) is 18.0 Å². The van der Waals surface area contributed by atoms with Crippen LogP contribution >= 0.6 is 0 Å². The molecule has 8 nitrogen and oxygen atoms in total. The molecule has 0 spiro atoms. The second-order valence-corrected chi connectivity index (χ2v) is 8.40. The minimum absolute atomic E-state index is 0.0723. The summed E-state index contributed by atoms with van der Waals surface area (Å²) in [5, 5.41) is 2.67. The van der Waals surface area contributed by atoms with Crippen LogP contribution in [0.5, 0.6) is 5.75 Å². The SMILES string of the molecule is COc1ccccc1NC(=O)Cn1cnc(S(=O)(=O)N2CCc3ccccc32)c1. The standard InChI is InChI=1S/C20H20N4O4S/c1-28-18-9-5-3-7-16(18)22-19(25)12-23-13-20(21-14-23)29(26,27)24-11-10-15-6-2-4-8-17(15)24/h2-9,13-14H,10-12H2,1H3,(H,22,25). The Labute approximate surface area is 168 Å². The number of benzene rings is 2. The van der Waals surface area contributed by atoms with Crippen molar-refractivity contribution in [2.75, 3.05) is 23.3 Å². The van der Waals surface area contributed by atoms with E-state index in [2.05, 4.69) is 10.3 Å². The van der Waals surface area contributed by atoms with Gasteiger partial charge in [-0.25, -0.2) is 4.98 Å².